The second-order valence-corrected chi connectivity index (χ2v) is 10.6. The van der Waals surface area contributed by atoms with E-state index in [-0.39, 0.29) is 5.91 Å². The number of nitrogens with zero attached hydrogens (tertiary/aromatic N) is 2. The van der Waals surface area contributed by atoms with Crippen molar-refractivity contribution in [3.05, 3.63) is 39.7 Å². The number of amides is 2. The van der Waals surface area contributed by atoms with Gasteiger partial charge in [0.15, 0.2) is 10.9 Å². The van der Waals surface area contributed by atoms with Crippen LogP contribution in [-0.4, -0.2) is 50.2 Å². The first-order valence-electron chi connectivity index (χ1n) is 11.0. The number of amidine groups is 1. The lowest BCUT2D eigenvalue weighted by Gasteiger charge is -2.40. The van der Waals surface area contributed by atoms with E-state index in [0.717, 1.165) is 27.3 Å². The highest BCUT2D eigenvalue weighted by Gasteiger charge is 2.46. The molecule has 0 unspecified atom stereocenters. The molecule has 1 aromatic heterocycles. The van der Waals surface area contributed by atoms with Crippen LogP contribution in [0.25, 0.3) is 0 Å². The van der Waals surface area contributed by atoms with E-state index < -0.39 is 11.6 Å². The molecule has 34 heavy (non-hydrogen) atoms. The van der Waals surface area contributed by atoms with Gasteiger partial charge in [0.25, 0.3) is 0 Å². The van der Waals surface area contributed by atoms with Crippen molar-refractivity contribution in [2.45, 2.75) is 38.1 Å². The number of aryl methyl sites for hydroxylation is 1. The number of ether oxygens (including phenoxy) is 2. The average molecular weight is 551 g/mol. The van der Waals surface area contributed by atoms with Crippen molar-refractivity contribution in [2.24, 2.45) is 5.16 Å². The van der Waals surface area contributed by atoms with E-state index in [4.69, 9.17) is 14.3 Å². The third-order valence-corrected chi connectivity index (χ3v) is 7.41. The molecule has 0 atom stereocenters. The molecule has 2 N–H and O–H groups in total. The van der Waals surface area contributed by atoms with Crippen molar-refractivity contribution in [3.8, 4) is 5.06 Å². The second kappa shape index (κ2) is 10.7. The molecule has 2 aliphatic rings. The highest BCUT2D eigenvalue weighted by Crippen LogP contribution is 2.35. The molecule has 9 nitrogen and oxygen atoms in total. The second-order valence-electron chi connectivity index (χ2n) is 8.17. The topological polar surface area (TPSA) is 101 Å². The number of rotatable bonds is 6. The molecule has 0 spiro atoms. The number of thiophene rings is 1. The van der Waals surface area contributed by atoms with Gasteiger partial charge in [0.05, 0.1) is 17.0 Å². The molecule has 2 heterocycles. The first kappa shape index (κ1) is 24.5. The quantitative estimate of drug-likeness (QED) is 0.507. The molecule has 1 saturated carbocycles. The van der Waals surface area contributed by atoms with E-state index >= 15 is 0 Å². The largest absolute Gasteiger partial charge is 0.414 e. The maximum Gasteiger partial charge on any atom is 0.414 e. The maximum atomic E-state index is 13.1. The van der Waals surface area contributed by atoms with Crippen LogP contribution in [0.2, 0.25) is 0 Å². The highest BCUT2D eigenvalue weighted by molar-refractivity contribution is 9.11. The number of carbonyl (C=O) groups excluding carboxylic acids is 2. The van der Waals surface area contributed by atoms with Crippen molar-refractivity contribution in [3.63, 3.8) is 0 Å². The summed E-state index contributed by atoms with van der Waals surface area (Å²) in [7, 11) is 1.53. The van der Waals surface area contributed by atoms with Crippen LogP contribution in [0.1, 0.15) is 31.2 Å². The van der Waals surface area contributed by atoms with E-state index in [2.05, 4.69) is 36.6 Å². The van der Waals surface area contributed by atoms with Crippen molar-refractivity contribution < 1.29 is 23.9 Å². The third kappa shape index (κ3) is 5.53. The first-order valence-corrected chi connectivity index (χ1v) is 12.6. The van der Waals surface area contributed by atoms with Crippen molar-refractivity contribution >= 4 is 56.5 Å². The number of benzene rings is 1. The molecular formula is C23H27BrN4O5S. The van der Waals surface area contributed by atoms with Crippen LogP contribution >= 0.6 is 27.3 Å². The summed E-state index contributed by atoms with van der Waals surface area (Å²) in [6.45, 7) is 3.82. The van der Waals surface area contributed by atoms with E-state index in [1.54, 1.807) is 12.1 Å². The molecule has 2 aromatic rings. The minimum absolute atomic E-state index is 0.250. The smallest absolute Gasteiger partial charge is 0.399 e. The zero-order chi connectivity index (χ0) is 24.1. The van der Waals surface area contributed by atoms with E-state index in [1.807, 2.05) is 25.1 Å². The Labute approximate surface area is 210 Å². The van der Waals surface area contributed by atoms with Gasteiger partial charge in [-0.3, -0.25) is 4.79 Å². The minimum atomic E-state index is -0.974. The van der Waals surface area contributed by atoms with Gasteiger partial charge >= 0.3 is 6.09 Å². The standard InChI is InChI=1S/C23H27BrN4O5S/c1-15-14-16(4-5-17(15)28-11-13-32-12-8-19(28)27-31-2)25-21(29)23(9-3-10-23)26-22(30)33-20-7-6-18(24)34-20/h4-7,14H,3,8-13H2,1-2H3,(H,25,29)(H,26,30). The number of nitrogens with one attached hydrogen (secondary N) is 2. The summed E-state index contributed by atoms with van der Waals surface area (Å²) in [5.41, 5.74) is 1.63. The summed E-state index contributed by atoms with van der Waals surface area (Å²) in [5.74, 6) is 0.550. The summed E-state index contributed by atoms with van der Waals surface area (Å²) in [4.78, 5) is 32.6. The number of hydrogen-bond donors (Lipinski definition) is 2. The van der Waals surface area contributed by atoms with Crippen LogP contribution in [0.15, 0.2) is 39.3 Å². The molecule has 4 rings (SSSR count). The van der Waals surface area contributed by atoms with Gasteiger partial charge in [0.2, 0.25) is 5.91 Å². The summed E-state index contributed by atoms with van der Waals surface area (Å²) in [6.07, 6.45) is 1.99. The number of oxime groups is 1. The molecule has 182 valence electrons. The maximum absolute atomic E-state index is 13.1. The fourth-order valence-electron chi connectivity index (χ4n) is 4.04. The van der Waals surface area contributed by atoms with Crippen LogP contribution in [0, 0.1) is 6.92 Å². The van der Waals surface area contributed by atoms with Gasteiger partial charge in [0, 0.05) is 24.3 Å². The zero-order valence-corrected chi connectivity index (χ0v) is 21.5. The van der Waals surface area contributed by atoms with Crippen LogP contribution in [0.4, 0.5) is 16.2 Å². The Morgan fingerprint density at radius 2 is 2.06 bits per heavy atom. The fraction of sp³-hybridized carbons (Fsp3) is 0.435. The van der Waals surface area contributed by atoms with Crippen LogP contribution < -0.4 is 20.3 Å². The molecule has 11 heteroatoms. The summed E-state index contributed by atoms with van der Waals surface area (Å²) < 4.78 is 11.8. The Bertz CT molecular complexity index is 1090. The zero-order valence-electron chi connectivity index (χ0n) is 19.1. The number of hydrogen-bond acceptors (Lipinski definition) is 7. The Morgan fingerprint density at radius 1 is 1.24 bits per heavy atom. The predicted molar refractivity (Wildman–Crippen MR) is 135 cm³/mol. The Hall–Kier alpha value is -2.63. The van der Waals surface area contributed by atoms with Gasteiger partial charge < -0.3 is 29.8 Å². The Morgan fingerprint density at radius 3 is 2.71 bits per heavy atom. The van der Waals surface area contributed by atoms with Crippen LogP contribution in [-0.2, 0) is 14.4 Å². The van der Waals surface area contributed by atoms with Gasteiger partial charge in [-0.1, -0.05) is 16.5 Å². The molecule has 1 aromatic carbocycles. The van der Waals surface area contributed by atoms with E-state index in [1.165, 1.54) is 18.4 Å². The van der Waals surface area contributed by atoms with Crippen molar-refractivity contribution in [1.29, 1.82) is 0 Å². The van der Waals surface area contributed by atoms with Gasteiger partial charge in [-0.25, -0.2) is 4.79 Å². The molecular weight excluding hydrogens is 524 g/mol. The Kier molecular flexibility index (Phi) is 7.74. The SMILES string of the molecule is CON=C1CCOCCN1c1ccc(NC(=O)C2(NC(=O)Oc3ccc(Br)s3)CCC2)cc1C. The third-order valence-electron chi connectivity index (χ3n) is 5.91. The summed E-state index contributed by atoms with van der Waals surface area (Å²) in [6, 6.07) is 9.21. The van der Waals surface area contributed by atoms with Crippen molar-refractivity contribution in [2.75, 3.05) is 37.1 Å². The fourth-order valence-corrected chi connectivity index (χ4v) is 5.23. The number of halogens is 1. The molecule has 2 fully saturated rings. The lowest BCUT2D eigenvalue weighted by molar-refractivity contribution is -0.125. The molecule has 1 aliphatic heterocycles. The lowest BCUT2D eigenvalue weighted by atomic mass is 9.76. The van der Waals surface area contributed by atoms with Gasteiger partial charge in [-0.15, -0.1) is 0 Å². The summed E-state index contributed by atoms with van der Waals surface area (Å²) >= 11 is 4.64. The van der Waals surface area contributed by atoms with Gasteiger partial charge in [-0.2, -0.15) is 0 Å². The number of anilines is 2. The lowest BCUT2D eigenvalue weighted by Crippen LogP contribution is -2.61. The van der Waals surface area contributed by atoms with E-state index in [0.29, 0.717) is 49.8 Å². The van der Waals surface area contributed by atoms with Gasteiger partial charge in [-0.05, 0) is 78.0 Å². The predicted octanol–water partition coefficient (Wildman–Crippen LogP) is 4.66. The monoisotopic (exact) mass is 550 g/mol. The molecule has 2 amide bonds. The Balaban J connectivity index is 1.44. The molecule has 0 bridgehead atoms. The van der Waals surface area contributed by atoms with Crippen LogP contribution in [0.5, 0.6) is 5.06 Å². The normalized spacial score (nSPS) is 18.6. The molecule has 1 aliphatic carbocycles. The highest BCUT2D eigenvalue weighted by atomic mass is 79.9. The average Bonchev–Trinajstić information content (AvgIpc) is 3.03. The van der Waals surface area contributed by atoms with Crippen LogP contribution in [0.3, 0.4) is 0 Å². The van der Waals surface area contributed by atoms with E-state index in [9.17, 15) is 9.59 Å². The molecule has 1 saturated heterocycles. The first-order chi connectivity index (χ1) is 16.4. The minimum Gasteiger partial charge on any atom is -0.399 e. The van der Waals surface area contributed by atoms with Crippen molar-refractivity contribution in [1.82, 2.24) is 5.32 Å². The number of carbonyl (C=O) groups is 2. The molecule has 0 radical (unpaired) electrons. The summed E-state index contributed by atoms with van der Waals surface area (Å²) in [5, 5.41) is 10.4. The van der Waals surface area contributed by atoms with Gasteiger partial charge in [0.1, 0.15) is 12.6 Å².